The van der Waals surface area contributed by atoms with Gasteiger partial charge in [-0.2, -0.15) is 0 Å². The van der Waals surface area contributed by atoms with Crippen molar-refractivity contribution in [3.05, 3.63) is 163 Å². The summed E-state index contributed by atoms with van der Waals surface area (Å²) in [6.07, 6.45) is 31.1. The third kappa shape index (κ3) is 12.8. The van der Waals surface area contributed by atoms with Crippen LogP contribution < -0.4 is 18.9 Å². The zero-order chi connectivity index (χ0) is 61.9. The maximum absolute atomic E-state index is 12.8. The molecule has 6 nitrogen and oxygen atoms in total. The second-order valence-electron chi connectivity index (χ2n) is 24.9. The van der Waals surface area contributed by atoms with Crippen molar-refractivity contribution in [3.8, 4) is 42.5 Å². The molecule has 0 saturated heterocycles. The Balaban J connectivity index is 1.04. The summed E-state index contributed by atoms with van der Waals surface area (Å²) in [6, 6.07) is 40.4. The summed E-state index contributed by atoms with van der Waals surface area (Å²) in [5.41, 5.74) is 8.26. The number of rotatable bonds is 38. The molecule has 0 bridgehead atoms. The molecule has 0 fully saturated rings. The van der Waals surface area contributed by atoms with Gasteiger partial charge in [0.1, 0.15) is 23.0 Å². The van der Waals surface area contributed by atoms with Gasteiger partial charge in [-0.05, 0) is 109 Å². The van der Waals surface area contributed by atoms with Crippen LogP contribution in [0.25, 0.3) is 47.7 Å². The van der Waals surface area contributed by atoms with Crippen molar-refractivity contribution in [2.45, 2.75) is 193 Å². The molecular formula is C78H88O6S6. The Labute approximate surface area is 558 Å². The van der Waals surface area contributed by atoms with Crippen LogP contribution in [0.3, 0.4) is 0 Å². The lowest BCUT2D eigenvalue weighted by molar-refractivity contribution is 0.111. The van der Waals surface area contributed by atoms with Gasteiger partial charge >= 0.3 is 0 Å². The number of unbranched alkanes of at least 4 members (excludes halogenated alkanes) is 20. The predicted octanol–water partition coefficient (Wildman–Crippen LogP) is 24.8. The van der Waals surface area contributed by atoms with E-state index in [1.54, 1.807) is 22.7 Å². The van der Waals surface area contributed by atoms with Crippen LogP contribution in [0.4, 0.5) is 0 Å². The Morgan fingerprint density at radius 3 is 0.811 bits per heavy atom. The molecule has 0 atom stereocenters. The van der Waals surface area contributed by atoms with Crippen molar-refractivity contribution < 1.29 is 28.5 Å². The Bertz CT molecular complexity index is 3580. The van der Waals surface area contributed by atoms with Gasteiger partial charge in [-0.3, -0.25) is 9.59 Å². The van der Waals surface area contributed by atoms with Gasteiger partial charge < -0.3 is 18.9 Å². The number of ether oxygens (including phenoxy) is 4. The van der Waals surface area contributed by atoms with E-state index in [1.165, 1.54) is 211 Å². The molecule has 4 aromatic carbocycles. The van der Waals surface area contributed by atoms with E-state index in [0.717, 1.165) is 80.4 Å². The van der Waals surface area contributed by atoms with E-state index in [4.69, 9.17) is 18.9 Å². The first-order chi connectivity index (χ1) is 44.4. The van der Waals surface area contributed by atoms with Crippen LogP contribution in [0, 0.1) is 0 Å². The van der Waals surface area contributed by atoms with Crippen LogP contribution in [-0.4, -0.2) is 39.0 Å². The predicted molar refractivity (Wildman–Crippen MR) is 387 cm³/mol. The van der Waals surface area contributed by atoms with Gasteiger partial charge in [-0.15, -0.1) is 68.0 Å². The summed E-state index contributed by atoms with van der Waals surface area (Å²) >= 11 is 10.8. The van der Waals surface area contributed by atoms with Gasteiger partial charge in [0.05, 0.1) is 85.3 Å². The minimum atomic E-state index is -0.773. The van der Waals surface area contributed by atoms with Crippen molar-refractivity contribution in [2.75, 3.05) is 26.4 Å². The van der Waals surface area contributed by atoms with Crippen LogP contribution in [0.1, 0.15) is 246 Å². The fourth-order valence-electron chi connectivity index (χ4n) is 14.1. The van der Waals surface area contributed by atoms with E-state index in [9.17, 15) is 9.59 Å². The van der Waals surface area contributed by atoms with Crippen LogP contribution in [0.5, 0.6) is 23.0 Å². The normalized spacial score (nSPS) is 13.5. The number of fused-ring (bicyclic) bond motifs is 13. The molecule has 10 aromatic rings. The molecule has 0 aliphatic heterocycles. The average Bonchev–Trinajstić information content (AvgIpc) is 1.48. The average molecular weight is 1310 g/mol. The maximum Gasteiger partial charge on any atom is 0.160 e. The van der Waals surface area contributed by atoms with Gasteiger partial charge in [-0.25, -0.2) is 0 Å². The van der Waals surface area contributed by atoms with E-state index in [1.807, 2.05) is 45.3 Å². The van der Waals surface area contributed by atoms with Gasteiger partial charge in [0, 0.05) is 31.7 Å². The lowest BCUT2D eigenvalue weighted by atomic mass is 9.67. The standard InChI is InChI=1S/C78H88O6S6/c1-5-9-13-17-21-25-45-81-57-37-29-53(30-38-57)77(54-31-39-58(40-32-54)82-46-26-22-18-14-10-6-2)65-69-63(49-61(51-79)85-69)87-71(65)73-67(77)75-76(89-73)68-74(90-75)72-66(70-64(88-72)50-62(52-80)86-70)78(68,55-33-41-59(42-34-55)83-47-27-23-19-15-11-7-3)56-35-43-60(44-36-56)84-48-28-24-20-16-12-8-4/h29-44,49-52H,5-28,45-48H2,1-4H3. The van der Waals surface area contributed by atoms with E-state index in [0.29, 0.717) is 26.4 Å². The van der Waals surface area contributed by atoms with Gasteiger partial charge in [-0.1, -0.05) is 205 Å². The molecule has 90 heavy (non-hydrogen) atoms. The van der Waals surface area contributed by atoms with Crippen molar-refractivity contribution in [1.29, 1.82) is 0 Å². The molecule has 0 spiro atoms. The van der Waals surface area contributed by atoms with Crippen molar-refractivity contribution in [3.63, 3.8) is 0 Å². The quantitative estimate of drug-likeness (QED) is 0.0284. The first kappa shape index (κ1) is 64.5. The van der Waals surface area contributed by atoms with Crippen molar-refractivity contribution in [2.24, 2.45) is 0 Å². The highest BCUT2D eigenvalue weighted by Crippen LogP contribution is 2.72. The highest BCUT2D eigenvalue weighted by molar-refractivity contribution is 7.37. The molecule has 0 unspecified atom stereocenters. The summed E-state index contributed by atoms with van der Waals surface area (Å²) in [6.45, 7) is 11.8. The number of hydrogen-bond donors (Lipinski definition) is 0. The molecule has 6 heterocycles. The van der Waals surface area contributed by atoms with E-state index in [-0.39, 0.29) is 0 Å². The van der Waals surface area contributed by atoms with Crippen molar-refractivity contribution >= 4 is 109 Å². The van der Waals surface area contributed by atoms with E-state index >= 15 is 0 Å². The molecule has 0 radical (unpaired) electrons. The first-order valence-electron chi connectivity index (χ1n) is 34.0. The number of aldehydes is 2. The Morgan fingerprint density at radius 1 is 0.300 bits per heavy atom. The van der Waals surface area contributed by atoms with Gasteiger partial charge in [0.2, 0.25) is 0 Å². The molecule has 12 heteroatoms. The zero-order valence-electron chi connectivity index (χ0n) is 53.2. The minimum Gasteiger partial charge on any atom is -0.494 e. The molecule has 0 N–H and O–H groups in total. The largest absolute Gasteiger partial charge is 0.494 e. The molecular weight excluding hydrogens is 1230 g/mol. The molecule has 472 valence electrons. The molecule has 0 amide bonds. The first-order valence-corrected chi connectivity index (χ1v) is 38.9. The monoisotopic (exact) mass is 1310 g/mol. The van der Waals surface area contributed by atoms with E-state index < -0.39 is 10.8 Å². The fourth-order valence-corrected chi connectivity index (χ4v) is 22.6. The fraction of sp³-hybridized carbons (Fsp3) is 0.436. The van der Waals surface area contributed by atoms with Gasteiger partial charge in [0.15, 0.2) is 12.6 Å². The van der Waals surface area contributed by atoms with Gasteiger partial charge in [0.25, 0.3) is 0 Å². The summed E-state index contributed by atoms with van der Waals surface area (Å²) in [7, 11) is 0. The molecule has 0 saturated carbocycles. The summed E-state index contributed by atoms with van der Waals surface area (Å²) in [5.74, 6) is 3.52. The Kier molecular flexibility index (Phi) is 21.8. The smallest absolute Gasteiger partial charge is 0.160 e. The Morgan fingerprint density at radius 2 is 0.544 bits per heavy atom. The zero-order valence-corrected chi connectivity index (χ0v) is 58.1. The second kappa shape index (κ2) is 30.4. The second-order valence-corrected chi connectivity index (χ2v) is 31.2. The highest BCUT2D eigenvalue weighted by atomic mass is 32.1. The van der Waals surface area contributed by atoms with Crippen LogP contribution in [0.2, 0.25) is 0 Å². The number of benzene rings is 4. The molecule has 2 aliphatic rings. The number of thiophene rings is 6. The SMILES string of the molecule is CCCCCCCCOc1ccc(C2(c3ccc(OCCCCCCCC)cc3)c3c(sc4cc(C=O)sc34)-c3sc4c5c(sc4c32)-c2sc3cc(C=O)sc3c2C5(c2ccc(OCCCCCCCC)cc2)c2ccc(OCCCCCCCC)cc2)cc1. The topological polar surface area (TPSA) is 71.1 Å². The third-order valence-electron chi connectivity index (χ3n) is 18.6. The summed E-state index contributed by atoms with van der Waals surface area (Å²) in [4.78, 5) is 32.2. The van der Waals surface area contributed by atoms with Crippen molar-refractivity contribution in [1.82, 2.24) is 0 Å². The van der Waals surface area contributed by atoms with Crippen LogP contribution in [-0.2, 0) is 10.8 Å². The number of carbonyl (C=O) groups is 2. The Hall–Kier alpha value is -5.60. The molecule has 2 aliphatic carbocycles. The molecule has 6 aromatic heterocycles. The number of carbonyl (C=O) groups excluding carboxylic acids is 2. The van der Waals surface area contributed by atoms with E-state index in [2.05, 4.69) is 137 Å². The summed E-state index contributed by atoms with van der Waals surface area (Å²) in [5, 5.41) is 0. The number of hydrogen-bond acceptors (Lipinski definition) is 12. The summed E-state index contributed by atoms with van der Waals surface area (Å²) < 4.78 is 33.4. The van der Waals surface area contributed by atoms with Crippen LogP contribution in [0.15, 0.2) is 109 Å². The maximum atomic E-state index is 12.8. The highest BCUT2D eigenvalue weighted by Gasteiger charge is 2.56. The minimum absolute atomic E-state index is 0.691. The van der Waals surface area contributed by atoms with Crippen LogP contribution >= 0.6 is 68.0 Å². The third-order valence-corrected chi connectivity index (χ3v) is 26.2. The lowest BCUT2D eigenvalue weighted by Gasteiger charge is -2.34. The lowest BCUT2D eigenvalue weighted by Crippen LogP contribution is -2.29. The molecule has 12 rings (SSSR count).